The van der Waals surface area contributed by atoms with Crippen LogP contribution in [-0.2, 0) is 30.3 Å². The van der Waals surface area contributed by atoms with E-state index < -0.39 is 35.0 Å². The highest BCUT2D eigenvalue weighted by atomic mass is 32.2. The Bertz CT molecular complexity index is 858. The number of aliphatic carboxylic acids is 1. The van der Waals surface area contributed by atoms with Crippen LogP contribution >= 0.6 is 23.1 Å². The smallest absolute Gasteiger partial charge is 0.404 e. The highest BCUT2D eigenvalue weighted by Crippen LogP contribution is 2.46. The van der Waals surface area contributed by atoms with E-state index in [-0.39, 0.29) is 41.0 Å². The number of primary amides is 1. The summed E-state index contributed by atoms with van der Waals surface area (Å²) in [4.78, 5) is 49.6. The third-order valence-corrected chi connectivity index (χ3v) is 6.51. The molecule has 1 aromatic rings. The molecule has 0 radical (unpaired) electrons. The summed E-state index contributed by atoms with van der Waals surface area (Å²) in [5.74, 6) is -2.31. The number of ether oxygens (including phenoxy) is 2. The fourth-order valence-corrected chi connectivity index (χ4v) is 5.16. The van der Waals surface area contributed by atoms with E-state index in [1.54, 1.807) is 6.07 Å². The van der Waals surface area contributed by atoms with Crippen LogP contribution in [-0.4, -0.2) is 75.4 Å². The van der Waals surface area contributed by atoms with Gasteiger partial charge in [-0.15, -0.1) is 23.1 Å². The average Bonchev–Trinajstić information content (AvgIpc) is 3.15. The minimum absolute atomic E-state index is 0. The molecule has 3 amide bonds. The van der Waals surface area contributed by atoms with Gasteiger partial charge in [0.05, 0.1) is 6.42 Å². The molecule has 0 aliphatic carbocycles. The van der Waals surface area contributed by atoms with Crippen LogP contribution in [0.25, 0.3) is 0 Å². The van der Waals surface area contributed by atoms with Crippen molar-refractivity contribution in [2.24, 2.45) is 5.73 Å². The number of nitrogens with one attached hydrogen (secondary N) is 1. The Balaban J connectivity index is 0.00000225. The number of methoxy groups -OCH3 is 1. The zero-order valence-corrected chi connectivity index (χ0v) is 17.3. The Morgan fingerprint density at radius 3 is 2.63 bits per heavy atom. The number of thiophene rings is 1. The summed E-state index contributed by atoms with van der Waals surface area (Å²) in [5, 5.41) is 13.2. The lowest BCUT2D eigenvalue weighted by molar-refractivity contribution is -0.192. The summed E-state index contributed by atoms with van der Waals surface area (Å²) in [6.45, 7) is -0.342. The largest absolute Gasteiger partial charge is 0.477 e. The number of carbonyl (C=O) groups excluding carboxylic acids is 3. The molecule has 3 rings (SSSR count). The zero-order chi connectivity index (χ0) is 20.5. The van der Waals surface area contributed by atoms with Crippen molar-refractivity contribution in [3.63, 3.8) is 0 Å². The van der Waals surface area contributed by atoms with Crippen LogP contribution < -0.4 is 11.1 Å². The molecule has 1 saturated heterocycles. The average molecular weight is 463 g/mol. The first-order valence-electron chi connectivity index (χ1n) is 8.01. The Hall–Kier alpha value is -2.65. The molecule has 14 heteroatoms. The molecule has 0 saturated carbocycles. The highest BCUT2D eigenvalue weighted by molar-refractivity contribution is 8.00. The van der Waals surface area contributed by atoms with E-state index in [1.807, 2.05) is 11.4 Å². The maximum Gasteiger partial charge on any atom is 0.404 e. The van der Waals surface area contributed by atoms with E-state index in [4.69, 9.17) is 10.5 Å². The first-order valence-corrected chi connectivity index (χ1v) is 9.94. The van der Waals surface area contributed by atoms with Gasteiger partial charge in [-0.3, -0.25) is 14.5 Å². The van der Waals surface area contributed by atoms with Crippen LogP contribution in [0.5, 0.6) is 0 Å². The second-order valence-electron chi connectivity index (χ2n) is 5.95. The molecule has 1 aromatic heterocycles. The van der Waals surface area contributed by atoms with E-state index in [9.17, 15) is 24.3 Å². The third-order valence-electron chi connectivity index (χ3n) is 4.26. The van der Waals surface area contributed by atoms with Gasteiger partial charge in [0, 0.05) is 23.3 Å². The van der Waals surface area contributed by atoms with Gasteiger partial charge in [-0.1, -0.05) is 6.07 Å². The van der Waals surface area contributed by atoms with Crippen LogP contribution in [0, 0.1) is 0 Å². The van der Waals surface area contributed by atoms with E-state index in [0.717, 1.165) is 9.78 Å². The van der Waals surface area contributed by atoms with Crippen molar-refractivity contribution in [2.75, 3.05) is 19.5 Å². The third kappa shape index (κ3) is 4.41. The van der Waals surface area contributed by atoms with Crippen molar-refractivity contribution < 1.29 is 44.7 Å². The van der Waals surface area contributed by atoms with Crippen LogP contribution in [0.15, 0.2) is 28.8 Å². The molecule has 1 fully saturated rings. The molecule has 2 atom stereocenters. The van der Waals surface area contributed by atoms with Crippen molar-refractivity contribution >= 4 is 47.0 Å². The van der Waals surface area contributed by atoms with Gasteiger partial charge >= 0.3 is 12.1 Å². The second kappa shape index (κ2) is 9.90. The summed E-state index contributed by atoms with van der Waals surface area (Å²) in [5.41, 5.74) is 3.20. The normalized spacial score (nSPS) is 22.1. The Labute approximate surface area is 178 Å². The van der Waals surface area contributed by atoms with Gasteiger partial charge in [0.1, 0.15) is 17.7 Å². The van der Waals surface area contributed by atoms with Crippen LogP contribution in [0.4, 0.5) is 4.79 Å². The highest BCUT2D eigenvalue weighted by Gasteiger charge is 2.66. The van der Waals surface area contributed by atoms with Crippen molar-refractivity contribution in [2.45, 2.75) is 17.5 Å². The molecule has 3 heterocycles. The minimum Gasteiger partial charge on any atom is -0.477 e. The van der Waals surface area contributed by atoms with Crippen LogP contribution in [0.3, 0.4) is 0 Å². The van der Waals surface area contributed by atoms with E-state index in [2.05, 4.69) is 10.1 Å². The molecule has 0 aromatic carbocycles. The summed E-state index contributed by atoms with van der Waals surface area (Å²) in [6.07, 6.45) is -0.973. The van der Waals surface area contributed by atoms with Gasteiger partial charge in [-0.25, -0.2) is 9.59 Å². The van der Waals surface area contributed by atoms with Gasteiger partial charge in [-0.2, -0.15) is 0 Å². The van der Waals surface area contributed by atoms with Crippen molar-refractivity contribution in [1.29, 1.82) is 0 Å². The SMILES string of the molecule is CO[C@@]1(NC(=O)Cc2cccs2)C(=O)N2C(C(=O)O)=C(COC(N)=O)CS[C@@H]21.O.O. The van der Waals surface area contributed by atoms with E-state index in [0.29, 0.717) is 0 Å². The van der Waals surface area contributed by atoms with Gasteiger partial charge in [-0.05, 0) is 11.4 Å². The minimum atomic E-state index is -1.66. The lowest BCUT2D eigenvalue weighted by Crippen LogP contribution is -2.80. The standard InChI is InChI=1S/C16H17N3O7S2.2H2O/c1-25-16(18-10(20)5-9-3-2-4-27-9)13(23)19-11(12(21)22)8(6-26-15(17)24)7-28-14(16)19;;/h2-4,14H,5-7H2,1H3,(H2,17,24)(H,18,20)(H,21,22);2*1H2/t14-,16+;;/m1../s1. The Morgan fingerprint density at radius 2 is 2.10 bits per heavy atom. The summed E-state index contributed by atoms with van der Waals surface area (Å²) in [6, 6.07) is 3.61. The van der Waals surface area contributed by atoms with Crippen molar-refractivity contribution in [1.82, 2.24) is 10.2 Å². The summed E-state index contributed by atoms with van der Waals surface area (Å²) in [7, 11) is 1.27. The molecule has 0 spiro atoms. The summed E-state index contributed by atoms with van der Waals surface area (Å²) >= 11 is 2.60. The number of hydrogen-bond donors (Lipinski definition) is 3. The number of nitrogens with two attached hydrogens (primary N) is 1. The fourth-order valence-electron chi connectivity index (χ4n) is 3.04. The lowest BCUT2D eigenvalue weighted by atomic mass is 9.98. The fraction of sp³-hybridized carbons (Fsp3) is 0.375. The van der Waals surface area contributed by atoms with Gasteiger partial charge in [0.15, 0.2) is 0 Å². The van der Waals surface area contributed by atoms with Crippen molar-refractivity contribution in [3.8, 4) is 0 Å². The Morgan fingerprint density at radius 1 is 1.40 bits per heavy atom. The number of carboxylic acid groups (broad SMARTS) is 1. The maximum atomic E-state index is 12.8. The topological polar surface area (TPSA) is 211 Å². The molecule has 30 heavy (non-hydrogen) atoms. The number of carboxylic acids is 1. The molecular weight excluding hydrogens is 442 g/mol. The second-order valence-corrected chi connectivity index (χ2v) is 8.05. The molecule has 2 aliphatic heterocycles. The van der Waals surface area contributed by atoms with Gasteiger partial charge in [0.2, 0.25) is 5.91 Å². The zero-order valence-electron chi connectivity index (χ0n) is 15.7. The van der Waals surface area contributed by atoms with Crippen LogP contribution in [0.2, 0.25) is 0 Å². The number of fused-ring (bicyclic) bond motifs is 1. The monoisotopic (exact) mass is 463 g/mol. The molecule has 0 unspecified atom stereocenters. The van der Waals surface area contributed by atoms with Crippen LogP contribution in [0.1, 0.15) is 4.88 Å². The number of hydrogen-bond acceptors (Lipinski definition) is 8. The molecule has 166 valence electrons. The maximum absolute atomic E-state index is 12.8. The number of thioether (sulfide) groups is 1. The predicted molar refractivity (Wildman–Crippen MR) is 106 cm³/mol. The number of nitrogens with zero attached hydrogens (tertiary/aromatic N) is 1. The number of amides is 3. The molecule has 0 bridgehead atoms. The first kappa shape index (κ1) is 25.4. The van der Waals surface area contributed by atoms with E-state index >= 15 is 0 Å². The molecular formula is C16H21N3O9S2. The number of rotatable bonds is 7. The molecule has 8 N–H and O–H groups in total. The molecule has 2 aliphatic rings. The molecule has 12 nitrogen and oxygen atoms in total. The van der Waals surface area contributed by atoms with Gasteiger partial charge < -0.3 is 36.6 Å². The number of β-lactam (4-membered cyclic amide) rings is 1. The Kier molecular flexibility index (Phi) is 8.38. The predicted octanol–water partition coefficient (Wildman–Crippen LogP) is -1.55. The first-order chi connectivity index (χ1) is 13.3. The van der Waals surface area contributed by atoms with Crippen molar-refractivity contribution in [3.05, 3.63) is 33.7 Å². The summed E-state index contributed by atoms with van der Waals surface area (Å²) < 4.78 is 10.0. The quantitative estimate of drug-likeness (QED) is 0.317. The lowest BCUT2D eigenvalue weighted by Gasteiger charge is -2.55. The van der Waals surface area contributed by atoms with Gasteiger partial charge in [0.25, 0.3) is 11.6 Å². The van der Waals surface area contributed by atoms with E-state index in [1.165, 1.54) is 30.2 Å². The number of carbonyl (C=O) groups is 4.